The van der Waals surface area contributed by atoms with Crippen LogP contribution in [0.2, 0.25) is 0 Å². The van der Waals surface area contributed by atoms with Crippen molar-refractivity contribution in [3.8, 4) is 0 Å². The van der Waals surface area contributed by atoms with E-state index in [0.717, 1.165) is 24.1 Å². The van der Waals surface area contributed by atoms with E-state index in [1.807, 2.05) is 46.1 Å². The Balaban J connectivity index is 0.00000225. The molecule has 2 aromatic heterocycles. The van der Waals surface area contributed by atoms with E-state index in [1.54, 1.807) is 4.68 Å². The van der Waals surface area contributed by atoms with E-state index in [1.165, 1.54) is 11.3 Å². The maximum absolute atomic E-state index is 13.2. The monoisotopic (exact) mass is 423 g/mol. The average molecular weight is 424 g/mol. The van der Waals surface area contributed by atoms with Gasteiger partial charge in [0.15, 0.2) is 0 Å². The second kappa shape index (κ2) is 9.07. The summed E-state index contributed by atoms with van der Waals surface area (Å²) < 4.78 is 1.79. The normalized spacial score (nSPS) is 22.6. The zero-order valence-electron chi connectivity index (χ0n) is 15.9. The van der Waals surface area contributed by atoms with E-state index in [0.29, 0.717) is 32.7 Å². The predicted octanol–water partition coefficient (Wildman–Crippen LogP) is 1.58. The number of carbonyl (C=O) groups is 2. The van der Waals surface area contributed by atoms with Crippen molar-refractivity contribution in [3.63, 3.8) is 0 Å². The molecule has 0 aliphatic carbocycles. The highest BCUT2D eigenvalue weighted by molar-refractivity contribution is 7.08. The molecule has 0 spiro atoms. The van der Waals surface area contributed by atoms with Gasteiger partial charge in [-0.1, -0.05) is 0 Å². The molecule has 0 saturated carbocycles. The number of hydrogen-bond donors (Lipinski definition) is 1. The lowest BCUT2D eigenvalue weighted by molar-refractivity contribution is -0.135. The first-order chi connectivity index (χ1) is 13.1. The van der Waals surface area contributed by atoms with E-state index in [9.17, 15) is 9.59 Å². The summed E-state index contributed by atoms with van der Waals surface area (Å²) in [7, 11) is 1.90. The van der Waals surface area contributed by atoms with Crippen molar-refractivity contribution in [2.75, 3.05) is 39.3 Å². The van der Waals surface area contributed by atoms with Gasteiger partial charge in [0.25, 0.3) is 5.91 Å². The largest absolute Gasteiger partial charge is 0.341 e. The lowest BCUT2D eigenvalue weighted by atomic mass is 9.89. The fourth-order valence-corrected chi connectivity index (χ4v) is 4.69. The van der Waals surface area contributed by atoms with Crippen LogP contribution in [0.5, 0.6) is 0 Å². The van der Waals surface area contributed by atoms with Gasteiger partial charge in [-0.2, -0.15) is 16.4 Å². The van der Waals surface area contributed by atoms with E-state index >= 15 is 0 Å². The Labute approximate surface area is 175 Å². The lowest BCUT2D eigenvalue weighted by Gasteiger charge is -2.26. The van der Waals surface area contributed by atoms with Gasteiger partial charge >= 0.3 is 0 Å². The van der Waals surface area contributed by atoms with Crippen LogP contribution in [-0.4, -0.2) is 70.7 Å². The average Bonchev–Trinajstić information content (AvgIpc) is 3.39. The molecule has 2 saturated heterocycles. The van der Waals surface area contributed by atoms with E-state index < -0.39 is 0 Å². The summed E-state index contributed by atoms with van der Waals surface area (Å²) in [5, 5.41) is 11.4. The van der Waals surface area contributed by atoms with Crippen LogP contribution in [0.3, 0.4) is 0 Å². The third-order valence-electron chi connectivity index (χ3n) is 5.55. The van der Waals surface area contributed by atoms with Crippen molar-refractivity contribution in [1.82, 2.24) is 24.9 Å². The minimum Gasteiger partial charge on any atom is -0.341 e. The predicted molar refractivity (Wildman–Crippen MR) is 111 cm³/mol. The quantitative estimate of drug-likeness (QED) is 0.813. The number of halogens is 1. The van der Waals surface area contributed by atoms with Crippen molar-refractivity contribution in [3.05, 3.63) is 40.3 Å². The zero-order valence-corrected chi connectivity index (χ0v) is 17.5. The molecule has 9 heteroatoms. The molecule has 2 aliphatic heterocycles. The maximum Gasteiger partial charge on any atom is 0.254 e. The van der Waals surface area contributed by atoms with E-state index in [2.05, 4.69) is 10.4 Å². The lowest BCUT2D eigenvalue weighted by Crippen LogP contribution is -2.41. The van der Waals surface area contributed by atoms with Crippen molar-refractivity contribution >= 4 is 35.6 Å². The molecule has 0 aromatic carbocycles. The summed E-state index contributed by atoms with van der Waals surface area (Å²) in [6, 6.07) is 1.86. The molecule has 0 radical (unpaired) electrons. The number of carbonyl (C=O) groups excluding carboxylic acids is 2. The van der Waals surface area contributed by atoms with Crippen molar-refractivity contribution in [1.29, 1.82) is 0 Å². The van der Waals surface area contributed by atoms with Crippen molar-refractivity contribution < 1.29 is 9.59 Å². The van der Waals surface area contributed by atoms with Crippen molar-refractivity contribution in [2.45, 2.75) is 12.3 Å². The fraction of sp³-hybridized carbons (Fsp3) is 0.526. The number of hydrogen-bond acceptors (Lipinski definition) is 5. The molecule has 2 fully saturated rings. The van der Waals surface area contributed by atoms with Crippen LogP contribution in [0.15, 0.2) is 29.2 Å². The Hall–Kier alpha value is -1.90. The molecule has 2 amide bonds. The standard InChI is InChI=1S/C19H25N5O2S.ClH/c1-22-12-15(9-21-22)16-10-20-11-17(16)19(26)24-5-2-4-23(6-7-24)18(25)14-3-8-27-13-14;/h3,8-9,12-13,16-17,20H,2,4-7,10-11H2,1H3;1H/t16-,17+;/m1./s1. The molecule has 28 heavy (non-hydrogen) atoms. The number of aryl methyl sites for hydroxylation is 1. The third kappa shape index (κ3) is 4.24. The van der Waals surface area contributed by atoms with Crippen LogP contribution < -0.4 is 5.32 Å². The fourth-order valence-electron chi connectivity index (χ4n) is 4.06. The number of thiophene rings is 1. The van der Waals surface area contributed by atoms with Gasteiger partial charge in [-0.25, -0.2) is 0 Å². The molecule has 0 unspecified atom stereocenters. The van der Waals surface area contributed by atoms with Crippen LogP contribution in [0, 0.1) is 5.92 Å². The van der Waals surface area contributed by atoms with Gasteiger partial charge in [-0.05, 0) is 23.4 Å². The summed E-state index contributed by atoms with van der Waals surface area (Å²) in [6.07, 6.45) is 4.68. The zero-order chi connectivity index (χ0) is 18.8. The van der Waals surface area contributed by atoms with E-state index in [4.69, 9.17) is 0 Å². The first-order valence-corrected chi connectivity index (χ1v) is 10.4. The topological polar surface area (TPSA) is 70.5 Å². The Bertz CT molecular complexity index is 809. The third-order valence-corrected chi connectivity index (χ3v) is 6.23. The van der Waals surface area contributed by atoms with Gasteiger partial charge in [0.2, 0.25) is 5.91 Å². The van der Waals surface area contributed by atoms with Crippen LogP contribution in [0.1, 0.15) is 28.3 Å². The number of amides is 2. The second-order valence-electron chi connectivity index (χ2n) is 7.30. The highest BCUT2D eigenvalue weighted by atomic mass is 35.5. The SMILES string of the molecule is Cl.Cn1cc([C@H]2CNC[C@@H]2C(=O)N2CCCN(C(=O)c3ccsc3)CC2)cn1. The Morgan fingerprint density at radius 2 is 1.96 bits per heavy atom. The molecular weight excluding hydrogens is 398 g/mol. The maximum atomic E-state index is 13.2. The van der Waals surface area contributed by atoms with Crippen molar-refractivity contribution in [2.24, 2.45) is 13.0 Å². The second-order valence-corrected chi connectivity index (χ2v) is 8.08. The van der Waals surface area contributed by atoms with Crippen LogP contribution in [0.4, 0.5) is 0 Å². The molecule has 1 N–H and O–H groups in total. The minimum absolute atomic E-state index is 0. The van der Waals surface area contributed by atoms with Gasteiger partial charge < -0.3 is 15.1 Å². The van der Waals surface area contributed by atoms with Gasteiger partial charge in [0, 0.05) is 63.8 Å². The Morgan fingerprint density at radius 1 is 1.18 bits per heavy atom. The molecule has 4 rings (SSSR count). The summed E-state index contributed by atoms with van der Waals surface area (Å²) >= 11 is 1.53. The van der Waals surface area contributed by atoms with Gasteiger partial charge in [-0.15, -0.1) is 12.4 Å². The van der Waals surface area contributed by atoms with Gasteiger partial charge in [0.1, 0.15) is 0 Å². The highest BCUT2D eigenvalue weighted by Gasteiger charge is 2.37. The number of nitrogens with one attached hydrogen (secondary N) is 1. The van der Waals surface area contributed by atoms with E-state index in [-0.39, 0.29) is 36.1 Å². The molecule has 7 nitrogen and oxygen atoms in total. The summed E-state index contributed by atoms with van der Waals surface area (Å²) in [5.74, 6) is 0.367. The number of rotatable bonds is 3. The Kier molecular flexibility index (Phi) is 6.74. The summed E-state index contributed by atoms with van der Waals surface area (Å²) in [5.41, 5.74) is 1.86. The van der Waals surface area contributed by atoms with Crippen LogP contribution in [0.25, 0.3) is 0 Å². The summed E-state index contributed by atoms with van der Waals surface area (Å²) in [6.45, 7) is 4.12. The highest BCUT2D eigenvalue weighted by Crippen LogP contribution is 2.29. The van der Waals surface area contributed by atoms with Crippen LogP contribution >= 0.6 is 23.7 Å². The van der Waals surface area contributed by atoms with Crippen LogP contribution in [-0.2, 0) is 11.8 Å². The smallest absolute Gasteiger partial charge is 0.254 e. The minimum atomic E-state index is -0.0617. The molecule has 2 aromatic rings. The Morgan fingerprint density at radius 3 is 2.68 bits per heavy atom. The molecule has 2 atom stereocenters. The number of aromatic nitrogens is 2. The number of nitrogens with zero attached hydrogens (tertiary/aromatic N) is 4. The first kappa shape index (κ1) is 20.8. The summed E-state index contributed by atoms with van der Waals surface area (Å²) in [4.78, 5) is 29.6. The molecule has 2 aliphatic rings. The van der Waals surface area contributed by atoms with Gasteiger partial charge in [0.05, 0.1) is 17.7 Å². The molecule has 152 valence electrons. The van der Waals surface area contributed by atoms with Gasteiger partial charge in [-0.3, -0.25) is 14.3 Å². The first-order valence-electron chi connectivity index (χ1n) is 9.43. The molecular formula is C19H26ClN5O2S. The molecule has 4 heterocycles. The molecule has 0 bridgehead atoms.